The molecule has 0 atom stereocenters. The molecule has 0 aliphatic heterocycles. The first kappa shape index (κ1) is 10.2. The summed E-state index contributed by atoms with van der Waals surface area (Å²) < 4.78 is 0. The van der Waals surface area contributed by atoms with Gasteiger partial charge in [-0.25, -0.2) is 4.98 Å². The summed E-state index contributed by atoms with van der Waals surface area (Å²) in [5.41, 5.74) is 7.11. The van der Waals surface area contributed by atoms with E-state index in [2.05, 4.69) is 15.3 Å². The van der Waals surface area contributed by atoms with Crippen LogP contribution in [0.4, 0.5) is 11.5 Å². The molecule has 0 aliphatic carbocycles. The van der Waals surface area contributed by atoms with E-state index in [9.17, 15) is 4.79 Å². The molecule has 2 rings (SSSR count). The van der Waals surface area contributed by atoms with Crippen LogP contribution >= 0.6 is 0 Å². The summed E-state index contributed by atoms with van der Waals surface area (Å²) in [5.74, 6) is 0.319. The van der Waals surface area contributed by atoms with E-state index >= 15 is 0 Å². The van der Waals surface area contributed by atoms with Gasteiger partial charge in [0.1, 0.15) is 0 Å². The van der Waals surface area contributed by atoms with Crippen LogP contribution in [0.2, 0.25) is 0 Å². The van der Waals surface area contributed by atoms with Crippen molar-refractivity contribution in [1.29, 1.82) is 0 Å². The summed E-state index contributed by atoms with van der Waals surface area (Å²) in [5, 5.41) is 2.95. The number of nitrogens with zero attached hydrogens (tertiary/aromatic N) is 1. The van der Waals surface area contributed by atoms with Crippen LogP contribution in [0.1, 0.15) is 5.56 Å². The van der Waals surface area contributed by atoms with E-state index in [0.29, 0.717) is 12.4 Å². The van der Waals surface area contributed by atoms with Gasteiger partial charge in [0, 0.05) is 24.6 Å². The smallest absolute Gasteiger partial charge is 0.290 e. The lowest BCUT2D eigenvalue weighted by atomic mass is 10.2. The van der Waals surface area contributed by atoms with Gasteiger partial charge >= 0.3 is 0 Å². The number of rotatable bonds is 3. The van der Waals surface area contributed by atoms with Crippen molar-refractivity contribution in [2.45, 2.75) is 6.54 Å². The van der Waals surface area contributed by atoms with E-state index in [1.54, 1.807) is 0 Å². The number of nitrogens with two attached hydrogens (primary N) is 1. The van der Waals surface area contributed by atoms with E-state index in [0.717, 1.165) is 11.3 Å². The fraction of sp³-hybridized carbons (Fsp3) is 0.0909. The number of benzene rings is 1. The average molecular weight is 216 g/mol. The molecular weight excluding hydrogens is 204 g/mol. The molecule has 0 amide bonds. The molecule has 0 spiro atoms. The lowest BCUT2D eigenvalue weighted by Gasteiger charge is -2.04. The number of aromatic amines is 1. The van der Waals surface area contributed by atoms with Crippen LogP contribution < -0.4 is 16.6 Å². The highest BCUT2D eigenvalue weighted by Crippen LogP contribution is 2.06. The normalized spacial score (nSPS) is 10.0. The Bertz CT molecular complexity index is 518. The van der Waals surface area contributed by atoms with Crippen molar-refractivity contribution < 1.29 is 0 Å². The third kappa shape index (κ3) is 2.38. The highest BCUT2D eigenvalue weighted by molar-refractivity contribution is 5.40. The minimum absolute atomic E-state index is 0.224. The van der Waals surface area contributed by atoms with Crippen LogP contribution in [0.15, 0.2) is 41.5 Å². The molecular formula is C11H12N4O. The van der Waals surface area contributed by atoms with Crippen molar-refractivity contribution in [3.8, 4) is 0 Å². The molecule has 0 bridgehead atoms. The van der Waals surface area contributed by atoms with Crippen molar-refractivity contribution in [1.82, 2.24) is 9.97 Å². The second-order valence-electron chi connectivity index (χ2n) is 3.36. The van der Waals surface area contributed by atoms with Gasteiger partial charge in [-0.2, -0.15) is 0 Å². The summed E-state index contributed by atoms with van der Waals surface area (Å²) in [4.78, 5) is 17.8. The van der Waals surface area contributed by atoms with Crippen LogP contribution in [0.25, 0.3) is 0 Å². The number of nitrogen functional groups attached to an aromatic ring is 1. The number of H-pyrrole nitrogens is 1. The Hall–Kier alpha value is -2.30. The molecule has 1 aromatic heterocycles. The molecule has 16 heavy (non-hydrogen) atoms. The van der Waals surface area contributed by atoms with E-state index in [1.165, 1.54) is 12.4 Å². The van der Waals surface area contributed by atoms with Gasteiger partial charge in [-0.15, -0.1) is 0 Å². The Labute approximate surface area is 92.3 Å². The molecule has 0 saturated heterocycles. The summed E-state index contributed by atoms with van der Waals surface area (Å²) >= 11 is 0. The maximum Gasteiger partial charge on any atom is 0.290 e. The fourth-order valence-electron chi connectivity index (χ4n) is 1.30. The van der Waals surface area contributed by atoms with Crippen LogP contribution in [-0.2, 0) is 6.54 Å². The molecule has 0 unspecified atom stereocenters. The van der Waals surface area contributed by atoms with Crippen LogP contribution in [-0.4, -0.2) is 9.97 Å². The molecule has 1 aromatic carbocycles. The topological polar surface area (TPSA) is 83.8 Å². The van der Waals surface area contributed by atoms with E-state index in [4.69, 9.17) is 5.73 Å². The summed E-state index contributed by atoms with van der Waals surface area (Å²) in [6.45, 7) is 0.542. The standard InChI is InChI=1S/C11H12N4O/c12-9-3-1-8(2-4-9)7-15-10-11(16)14-6-5-13-10/h1-6H,7,12H2,(H,13,15)(H,14,16). The molecule has 0 saturated carbocycles. The number of hydrogen-bond donors (Lipinski definition) is 3. The Balaban J connectivity index is 2.05. The first-order valence-corrected chi connectivity index (χ1v) is 4.88. The maximum absolute atomic E-state index is 11.3. The number of aromatic nitrogens is 2. The van der Waals surface area contributed by atoms with Crippen molar-refractivity contribution >= 4 is 11.5 Å². The largest absolute Gasteiger partial charge is 0.399 e. The molecule has 0 fully saturated rings. The van der Waals surface area contributed by atoms with Crippen LogP contribution in [0, 0.1) is 0 Å². The van der Waals surface area contributed by atoms with E-state index < -0.39 is 0 Å². The van der Waals surface area contributed by atoms with Crippen LogP contribution in [0.5, 0.6) is 0 Å². The third-order valence-electron chi connectivity index (χ3n) is 2.15. The van der Waals surface area contributed by atoms with Gasteiger partial charge in [0.25, 0.3) is 5.56 Å². The Morgan fingerprint density at radius 3 is 2.75 bits per heavy atom. The lowest BCUT2D eigenvalue weighted by Crippen LogP contribution is -2.14. The monoisotopic (exact) mass is 216 g/mol. The first-order chi connectivity index (χ1) is 7.75. The molecule has 4 N–H and O–H groups in total. The zero-order valence-electron chi connectivity index (χ0n) is 8.60. The molecule has 0 aliphatic rings. The Morgan fingerprint density at radius 2 is 2.06 bits per heavy atom. The van der Waals surface area contributed by atoms with Gasteiger partial charge in [0.05, 0.1) is 0 Å². The fourth-order valence-corrected chi connectivity index (χ4v) is 1.30. The van der Waals surface area contributed by atoms with Crippen molar-refractivity contribution in [2.24, 2.45) is 0 Å². The lowest BCUT2D eigenvalue weighted by molar-refractivity contribution is 1.06. The minimum Gasteiger partial charge on any atom is -0.399 e. The highest BCUT2D eigenvalue weighted by Gasteiger charge is 1.98. The molecule has 5 nitrogen and oxygen atoms in total. The second-order valence-corrected chi connectivity index (χ2v) is 3.36. The number of nitrogens with one attached hydrogen (secondary N) is 2. The molecule has 1 heterocycles. The van der Waals surface area contributed by atoms with Crippen molar-refractivity contribution in [3.63, 3.8) is 0 Å². The Morgan fingerprint density at radius 1 is 1.31 bits per heavy atom. The van der Waals surface area contributed by atoms with Gasteiger partial charge in [-0.05, 0) is 17.7 Å². The zero-order valence-corrected chi connectivity index (χ0v) is 8.60. The average Bonchev–Trinajstić information content (AvgIpc) is 2.30. The van der Waals surface area contributed by atoms with Gasteiger partial charge in [-0.3, -0.25) is 4.79 Å². The summed E-state index contributed by atoms with van der Waals surface area (Å²) in [7, 11) is 0. The molecule has 0 radical (unpaired) electrons. The summed E-state index contributed by atoms with van der Waals surface area (Å²) in [6, 6.07) is 7.44. The molecule has 5 heteroatoms. The number of hydrogen-bond acceptors (Lipinski definition) is 4. The van der Waals surface area contributed by atoms with Gasteiger partial charge in [0.2, 0.25) is 0 Å². The molecule has 2 aromatic rings. The van der Waals surface area contributed by atoms with Crippen LogP contribution in [0.3, 0.4) is 0 Å². The van der Waals surface area contributed by atoms with Crippen molar-refractivity contribution in [2.75, 3.05) is 11.1 Å². The third-order valence-corrected chi connectivity index (χ3v) is 2.15. The van der Waals surface area contributed by atoms with E-state index in [1.807, 2.05) is 24.3 Å². The second kappa shape index (κ2) is 4.48. The highest BCUT2D eigenvalue weighted by atomic mass is 16.1. The molecule has 82 valence electrons. The van der Waals surface area contributed by atoms with Crippen molar-refractivity contribution in [3.05, 3.63) is 52.6 Å². The van der Waals surface area contributed by atoms with Gasteiger partial charge in [-0.1, -0.05) is 12.1 Å². The first-order valence-electron chi connectivity index (χ1n) is 4.88. The SMILES string of the molecule is Nc1ccc(CNc2ncc[nH]c2=O)cc1. The zero-order chi connectivity index (χ0) is 11.4. The summed E-state index contributed by atoms with van der Waals surface area (Å²) in [6.07, 6.45) is 3.03. The van der Waals surface area contributed by atoms with E-state index in [-0.39, 0.29) is 5.56 Å². The predicted molar refractivity (Wildman–Crippen MR) is 63.0 cm³/mol. The number of anilines is 2. The quantitative estimate of drug-likeness (QED) is 0.667. The minimum atomic E-state index is -0.224. The van der Waals surface area contributed by atoms with Gasteiger partial charge < -0.3 is 16.0 Å². The van der Waals surface area contributed by atoms with Gasteiger partial charge in [0.15, 0.2) is 5.82 Å². The predicted octanol–water partition coefficient (Wildman–Crippen LogP) is 0.964. The Kier molecular flexibility index (Phi) is 2.86. The maximum atomic E-state index is 11.3.